The van der Waals surface area contributed by atoms with Crippen LogP contribution in [0.5, 0.6) is 0 Å². The first kappa shape index (κ1) is 10.4. The fraction of sp³-hybridized carbons (Fsp3) is 0.600. The van der Waals surface area contributed by atoms with Crippen LogP contribution in [0.15, 0.2) is 12.1 Å². The van der Waals surface area contributed by atoms with Gasteiger partial charge in [-0.05, 0) is 44.0 Å². The molecule has 14 heavy (non-hydrogen) atoms. The highest BCUT2D eigenvalue weighted by atomic mass is 35.5. The highest BCUT2D eigenvalue weighted by molar-refractivity contribution is 7.16. The van der Waals surface area contributed by atoms with E-state index in [0.29, 0.717) is 0 Å². The molecule has 1 saturated heterocycles. The van der Waals surface area contributed by atoms with Gasteiger partial charge in [-0.2, -0.15) is 0 Å². The maximum absolute atomic E-state index is 6.11. The number of halogens is 1. The summed E-state index contributed by atoms with van der Waals surface area (Å²) >= 11 is 7.47. The minimum absolute atomic E-state index is 0.164. The van der Waals surface area contributed by atoms with E-state index in [1.807, 2.05) is 12.1 Å². The van der Waals surface area contributed by atoms with Crippen LogP contribution in [0, 0.1) is 5.92 Å². The average molecular weight is 231 g/mol. The quantitative estimate of drug-likeness (QED) is 0.837. The summed E-state index contributed by atoms with van der Waals surface area (Å²) in [5, 5.41) is 3.36. The molecule has 0 aliphatic carbocycles. The van der Waals surface area contributed by atoms with E-state index < -0.39 is 0 Å². The molecular formula is C10H15ClN2S. The molecule has 0 radical (unpaired) electrons. The van der Waals surface area contributed by atoms with E-state index in [9.17, 15) is 0 Å². The van der Waals surface area contributed by atoms with E-state index >= 15 is 0 Å². The van der Waals surface area contributed by atoms with Crippen molar-refractivity contribution >= 4 is 22.9 Å². The third-order valence-corrected chi connectivity index (χ3v) is 4.07. The SMILES string of the molecule is NC(CC1CCNC1)c1ccc(Cl)s1. The van der Waals surface area contributed by atoms with Gasteiger partial charge in [-0.25, -0.2) is 0 Å². The molecule has 0 aromatic carbocycles. The molecule has 2 rings (SSSR count). The first-order valence-corrected chi connectivity index (χ1v) is 6.16. The molecule has 1 fully saturated rings. The van der Waals surface area contributed by atoms with Gasteiger partial charge in [0, 0.05) is 10.9 Å². The lowest BCUT2D eigenvalue weighted by Gasteiger charge is -2.13. The Morgan fingerprint density at radius 1 is 1.64 bits per heavy atom. The molecule has 1 aliphatic heterocycles. The number of hydrogen-bond donors (Lipinski definition) is 2. The second kappa shape index (κ2) is 4.62. The lowest BCUT2D eigenvalue weighted by molar-refractivity contribution is 0.477. The minimum atomic E-state index is 0.164. The predicted molar refractivity (Wildman–Crippen MR) is 61.9 cm³/mol. The fourth-order valence-corrected chi connectivity index (χ4v) is 2.99. The summed E-state index contributed by atoms with van der Waals surface area (Å²) in [4.78, 5) is 1.21. The van der Waals surface area contributed by atoms with Crippen molar-refractivity contribution in [3.05, 3.63) is 21.3 Å². The molecule has 2 unspecified atom stereocenters. The largest absolute Gasteiger partial charge is 0.323 e. The van der Waals surface area contributed by atoms with Gasteiger partial charge in [0.2, 0.25) is 0 Å². The maximum atomic E-state index is 6.11. The number of rotatable bonds is 3. The van der Waals surface area contributed by atoms with Crippen molar-refractivity contribution < 1.29 is 0 Å². The van der Waals surface area contributed by atoms with Gasteiger partial charge in [0.05, 0.1) is 4.34 Å². The van der Waals surface area contributed by atoms with E-state index in [2.05, 4.69) is 5.32 Å². The van der Waals surface area contributed by atoms with E-state index in [-0.39, 0.29) is 6.04 Å². The van der Waals surface area contributed by atoms with Gasteiger partial charge in [-0.1, -0.05) is 11.6 Å². The number of hydrogen-bond acceptors (Lipinski definition) is 3. The van der Waals surface area contributed by atoms with Crippen LogP contribution in [0.1, 0.15) is 23.8 Å². The summed E-state index contributed by atoms with van der Waals surface area (Å²) in [6, 6.07) is 4.13. The second-order valence-electron chi connectivity index (χ2n) is 3.84. The second-order valence-corrected chi connectivity index (χ2v) is 5.59. The van der Waals surface area contributed by atoms with Crippen molar-refractivity contribution in [2.24, 2.45) is 11.7 Å². The molecular weight excluding hydrogens is 216 g/mol. The Morgan fingerprint density at radius 2 is 2.50 bits per heavy atom. The van der Waals surface area contributed by atoms with Crippen molar-refractivity contribution in [2.75, 3.05) is 13.1 Å². The highest BCUT2D eigenvalue weighted by Gasteiger charge is 2.19. The number of thiophene rings is 1. The Hall–Kier alpha value is -0.0900. The monoisotopic (exact) mass is 230 g/mol. The smallest absolute Gasteiger partial charge is 0.0931 e. The molecule has 2 heterocycles. The first-order valence-electron chi connectivity index (χ1n) is 4.97. The van der Waals surface area contributed by atoms with Gasteiger partial charge < -0.3 is 11.1 Å². The molecule has 0 bridgehead atoms. The van der Waals surface area contributed by atoms with Gasteiger partial charge in [-0.15, -0.1) is 11.3 Å². The van der Waals surface area contributed by atoms with Crippen LogP contribution in [0.4, 0.5) is 0 Å². The lowest BCUT2D eigenvalue weighted by Crippen LogP contribution is -2.16. The summed E-state index contributed by atoms with van der Waals surface area (Å²) in [7, 11) is 0. The Morgan fingerprint density at radius 3 is 3.07 bits per heavy atom. The molecule has 0 saturated carbocycles. The van der Waals surface area contributed by atoms with Gasteiger partial charge in [0.25, 0.3) is 0 Å². The van der Waals surface area contributed by atoms with Crippen molar-refractivity contribution in [1.29, 1.82) is 0 Å². The summed E-state index contributed by atoms with van der Waals surface area (Å²) in [5.74, 6) is 0.742. The summed E-state index contributed by atoms with van der Waals surface area (Å²) in [5.41, 5.74) is 6.11. The standard InChI is InChI=1S/C10H15ClN2S/c11-10-2-1-9(14-10)8(12)5-7-3-4-13-6-7/h1-2,7-8,13H,3-6,12H2. The van der Waals surface area contributed by atoms with Gasteiger partial charge in [0.1, 0.15) is 0 Å². The number of nitrogens with one attached hydrogen (secondary N) is 1. The fourth-order valence-electron chi connectivity index (χ4n) is 1.92. The van der Waals surface area contributed by atoms with Crippen molar-refractivity contribution in [3.63, 3.8) is 0 Å². The van der Waals surface area contributed by atoms with Crippen molar-refractivity contribution in [1.82, 2.24) is 5.32 Å². The zero-order chi connectivity index (χ0) is 9.97. The molecule has 0 spiro atoms. The molecule has 0 amide bonds. The molecule has 1 aliphatic rings. The third-order valence-electron chi connectivity index (χ3n) is 2.71. The van der Waals surface area contributed by atoms with E-state index in [1.165, 1.54) is 11.3 Å². The topological polar surface area (TPSA) is 38.0 Å². The van der Waals surface area contributed by atoms with E-state index in [4.69, 9.17) is 17.3 Å². The van der Waals surface area contributed by atoms with Crippen LogP contribution in [0.25, 0.3) is 0 Å². The Kier molecular flexibility index (Phi) is 3.44. The van der Waals surface area contributed by atoms with Crippen LogP contribution < -0.4 is 11.1 Å². The molecule has 78 valence electrons. The lowest BCUT2D eigenvalue weighted by atomic mass is 9.99. The molecule has 1 aromatic rings. The van der Waals surface area contributed by atoms with Crippen LogP contribution >= 0.6 is 22.9 Å². The first-order chi connectivity index (χ1) is 6.75. The third kappa shape index (κ3) is 2.48. The molecule has 2 atom stereocenters. The van der Waals surface area contributed by atoms with Crippen molar-refractivity contribution in [3.8, 4) is 0 Å². The highest BCUT2D eigenvalue weighted by Crippen LogP contribution is 2.30. The Balaban J connectivity index is 1.91. The molecule has 1 aromatic heterocycles. The Bertz CT molecular complexity index is 294. The normalized spacial score (nSPS) is 24.0. The zero-order valence-corrected chi connectivity index (χ0v) is 9.57. The Labute approximate surface area is 93.4 Å². The van der Waals surface area contributed by atoms with Crippen LogP contribution in [-0.4, -0.2) is 13.1 Å². The van der Waals surface area contributed by atoms with Gasteiger partial charge in [0.15, 0.2) is 0 Å². The molecule has 4 heteroatoms. The van der Waals surface area contributed by atoms with E-state index in [1.54, 1.807) is 11.3 Å². The summed E-state index contributed by atoms with van der Waals surface area (Å²) < 4.78 is 0.833. The van der Waals surface area contributed by atoms with Gasteiger partial charge >= 0.3 is 0 Å². The maximum Gasteiger partial charge on any atom is 0.0931 e. The van der Waals surface area contributed by atoms with Crippen LogP contribution in [0.3, 0.4) is 0 Å². The summed E-state index contributed by atoms with van der Waals surface area (Å²) in [6.45, 7) is 2.26. The zero-order valence-electron chi connectivity index (χ0n) is 8.00. The average Bonchev–Trinajstić information content (AvgIpc) is 2.75. The van der Waals surface area contributed by atoms with Crippen molar-refractivity contribution in [2.45, 2.75) is 18.9 Å². The summed E-state index contributed by atoms with van der Waals surface area (Å²) in [6.07, 6.45) is 2.33. The molecule has 3 N–H and O–H groups in total. The van der Waals surface area contributed by atoms with Crippen LogP contribution in [-0.2, 0) is 0 Å². The molecule has 2 nitrogen and oxygen atoms in total. The predicted octanol–water partition coefficient (Wildman–Crippen LogP) is 2.40. The van der Waals surface area contributed by atoms with E-state index in [0.717, 1.165) is 29.8 Å². The van der Waals surface area contributed by atoms with Gasteiger partial charge in [-0.3, -0.25) is 0 Å². The van der Waals surface area contributed by atoms with Crippen LogP contribution in [0.2, 0.25) is 4.34 Å². The minimum Gasteiger partial charge on any atom is -0.323 e. The number of nitrogens with two attached hydrogens (primary N) is 1.